The van der Waals surface area contributed by atoms with E-state index in [0.717, 1.165) is 6.42 Å². The average molecular weight is 285 g/mol. The zero-order valence-corrected chi connectivity index (χ0v) is 12.1. The van der Waals surface area contributed by atoms with Crippen LogP contribution in [-0.4, -0.2) is 22.2 Å². The van der Waals surface area contributed by atoms with E-state index in [0.29, 0.717) is 35.5 Å². The van der Waals surface area contributed by atoms with Gasteiger partial charge in [0.05, 0.1) is 5.39 Å². The Morgan fingerprint density at radius 3 is 2.71 bits per heavy atom. The van der Waals surface area contributed by atoms with Gasteiger partial charge in [-0.15, -0.1) is 0 Å². The van der Waals surface area contributed by atoms with Gasteiger partial charge in [-0.1, -0.05) is 25.1 Å². The van der Waals surface area contributed by atoms with E-state index in [1.807, 2.05) is 19.1 Å². The van der Waals surface area contributed by atoms with Crippen LogP contribution in [0.2, 0.25) is 0 Å². The lowest BCUT2D eigenvalue weighted by Gasteiger charge is -2.10. The third-order valence-corrected chi connectivity index (χ3v) is 3.77. The number of carbonyl (C=O) groups excluding carboxylic acids is 1. The second-order valence-corrected chi connectivity index (χ2v) is 5.58. The summed E-state index contributed by atoms with van der Waals surface area (Å²) in [5, 5.41) is 8.39. The minimum absolute atomic E-state index is 0.133. The molecule has 1 N–H and O–H groups in total. The van der Waals surface area contributed by atoms with E-state index in [-0.39, 0.29) is 11.5 Å². The van der Waals surface area contributed by atoms with E-state index in [4.69, 9.17) is 0 Å². The summed E-state index contributed by atoms with van der Waals surface area (Å²) in [7, 11) is 0. The summed E-state index contributed by atoms with van der Waals surface area (Å²) in [5.74, 6) is 0.421. The molecule has 5 heteroatoms. The minimum Gasteiger partial charge on any atom is -0.350 e. The Balaban J connectivity index is 2.04. The van der Waals surface area contributed by atoms with Crippen LogP contribution < -0.4 is 10.9 Å². The molecule has 1 amide bonds. The Morgan fingerprint density at radius 2 is 2.05 bits per heavy atom. The van der Waals surface area contributed by atoms with Crippen molar-refractivity contribution in [1.82, 2.24) is 15.1 Å². The Bertz CT molecular complexity index is 732. The number of nitrogens with one attached hydrogen (secondary N) is 1. The van der Waals surface area contributed by atoms with E-state index in [9.17, 15) is 9.59 Å². The molecule has 1 aromatic carbocycles. The molecular weight excluding hydrogens is 266 g/mol. The normalized spacial score (nSPS) is 14.3. The fraction of sp³-hybridized carbons (Fsp3) is 0.438. The molecule has 1 heterocycles. The van der Waals surface area contributed by atoms with Crippen molar-refractivity contribution in [3.63, 3.8) is 0 Å². The number of aromatic nitrogens is 2. The summed E-state index contributed by atoms with van der Waals surface area (Å²) >= 11 is 0. The number of carbonyl (C=O) groups is 1. The highest BCUT2D eigenvalue weighted by atomic mass is 16.2. The van der Waals surface area contributed by atoms with Gasteiger partial charge in [-0.25, -0.2) is 4.68 Å². The highest BCUT2D eigenvalue weighted by Crippen LogP contribution is 2.27. The van der Waals surface area contributed by atoms with Crippen molar-refractivity contribution in [3.8, 4) is 0 Å². The molecule has 5 nitrogen and oxygen atoms in total. The quantitative estimate of drug-likeness (QED) is 0.913. The third kappa shape index (κ3) is 2.82. The summed E-state index contributed by atoms with van der Waals surface area (Å²) in [6, 6.07) is 7.17. The topological polar surface area (TPSA) is 64.0 Å². The van der Waals surface area contributed by atoms with Crippen LogP contribution in [0, 0.1) is 5.92 Å². The highest BCUT2D eigenvalue weighted by Gasteiger charge is 2.23. The molecule has 0 saturated heterocycles. The predicted molar refractivity (Wildman–Crippen MR) is 81.4 cm³/mol. The van der Waals surface area contributed by atoms with Crippen LogP contribution in [0.4, 0.5) is 0 Å². The lowest BCUT2D eigenvalue weighted by Crippen LogP contribution is -2.31. The van der Waals surface area contributed by atoms with Gasteiger partial charge in [0, 0.05) is 18.5 Å². The van der Waals surface area contributed by atoms with E-state index < -0.39 is 0 Å². The zero-order chi connectivity index (χ0) is 14.8. The van der Waals surface area contributed by atoms with Crippen LogP contribution in [0.5, 0.6) is 0 Å². The molecule has 110 valence electrons. The van der Waals surface area contributed by atoms with Gasteiger partial charge in [-0.2, -0.15) is 5.10 Å². The first kappa shape index (κ1) is 13.8. The largest absolute Gasteiger partial charge is 0.350 e. The van der Waals surface area contributed by atoms with E-state index in [2.05, 4.69) is 10.4 Å². The Hall–Kier alpha value is -2.17. The number of fused-ring (bicyclic) bond motifs is 1. The zero-order valence-electron chi connectivity index (χ0n) is 12.1. The van der Waals surface area contributed by atoms with Crippen molar-refractivity contribution in [2.75, 3.05) is 6.54 Å². The Morgan fingerprint density at radius 1 is 1.33 bits per heavy atom. The van der Waals surface area contributed by atoms with Crippen LogP contribution >= 0.6 is 0 Å². The van der Waals surface area contributed by atoms with E-state index in [1.54, 1.807) is 12.1 Å². The molecule has 0 bridgehead atoms. The van der Waals surface area contributed by atoms with Crippen LogP contribution in [-0.2, 0) is 6.54 Å². The number of benzene rings is 1. The summed E-state index contributed by atoms with van der Waals surface area (Å²) < 4.78 is 1.40. The van der Waals surface area contributed by atoms with Gasteiger partial charge in [-0.05, 0) is 31.2 Å². The minimum atomic E-state index is -0.192. The number of rotatable bonds is 5. The first-order chi connectivity index (χ1) is 10.2. The van der Waals surface area contributed by atoms with Crippen molar-refractivity contribution in [3.05, 3.63) is 40.3 Å². The van der Waals surface area contributed by atoms with Crippen LogP contribution in [0.25, 0.3) is 10.8 Å². The molecule has 1 aliphatic rings. The highest BCUT2D eigenvalue weighted by molar-refractivity contribution is 6.04. The molecular formula is C16H19N3O2. The van der Waals surface area contributed by atoms with Gasteiger partial charge in [0.2, 0.25) is 0 Å². The lowest BCUT2D eigenvalue weighted by atomic mass is 10.1. The molecule has 21 heavy (non-hydrogen) atoms. The van der Waals surface area contributed by atoms with Gasteiger partial charge >= 0.3 is 0 Å². The molecule has 0 aliphatic heterocycles. The molecule has 3 rings (SSSR count). The molecule has 0 spiro atoms. The molecule has 1 saturated carbocycles. The van der Waals surface area contributed by atoms with Crippen LogP contribution in [0.3, 0.4) is 0 Å². The van der Waals surface area contributed by atoms with Crippen molar-refractivity contribution in [1.29, 1.82) is 0 Å². The summed E-state index contributed by atoms with van der Waals surface area (Å²) in [6.07, 6.45) is 3.17. The van der Waals surface area contributed by atoms with E-state index >= 15 is 0 Å². The average Bonchev–Trinajstić information content (AvgIpc) is 3.32. The second-order valence-electron chi connectivity index (χ2n) is 5.58. The van der Waals surface area contributed by atoms with Gasteiger partial charge in [0.25, 0.3) is 11.5 Å². The fourth-order valence-corrected chi connectivity index (χ4v) is 2.41. The summed E-state index contributed by atoms with van der Waals surface area (Å²) in [5.41, 5.74) is 0.213. The second kappa shape index (κ2) is 5.68. The molecule has 0 unspecified atom stereocenters. The van der Waals surface area contributed by atoms with Crippen LogP contribution in [0.1, 0.15) is 36.7 Å². The molecule has 1 aliphatic carbocycles. The van der Waals surface area contributed by atoms with Crippen molar-refractivity contribution in [2.24, 2.45) is 5.92 Å². The number of hydrogen-bond acceptors (Lipinski definition) is 3. The number of amides is 1. The molecule has 0 atom stereocenters. The third-order valence-electron chi connectivity index (χ3n) is 3.77. The van der Waals surface area contributed by atoms with Gasteiger partial charge in [0.15, 0.2) is 5.69 Å². The standard InChI is InChI=1S/C16H19N3O2/c1-2-9-19-16(21)13-6-4-3-5-12(13)14(18-19)15(20)17-10-11-7-8-11/h3-6,11H,2,7-10H2,1H3,(H,17,20). The fourth-order valence-electron chi connectivity index (χ4n) is 2.41. The van der Waals surface area contributed by atoms with Crippen molar-refractivity contribution >= 4 is 16.7 Å². The lowest BCUT2D eigenvalue weighted by molar-refractivity contribution is 0.0946. The maximum absolute atomic E-state index is 12.4. The molecule has 1 aromatic heterocycles. The monoisotopic (exact) mass is 285 g/mol. The van der Waals surface area contributed by atoms with Gasteiger partial charge in [0.1, 0.15) is 0 Å². The SMILES string of the molecule is CCCn1nc(C(=O)NCC2CC2)c2ccccc2c1=O. The smallest absolute Gasteiger partial charge is 0.274 e. The van der Waals surface area contributed by atoms with Crippen molar-refractivity contribution < 1.29 is 4.79 Å². The Kier molecular flexibility index (Phi) is 3.73. The van der Waals surface area contributed by atoms with Crippen LogP contribution in [0.15, 0.2) is 29.1 Å². The van der Waals surface area contributed by atoms with Gasteiger partial charge < -0.3 is 5.32 Å². The van der Waals surface area contributed by atoms with Crippen molar-refractivity contribution in [2.45, 2.75) is 32.7 Å². The van der Waals surface area contributed by atoms with E-state index in [1.165, 1.54) is 17.5 Å². The predicted octanol–water partition coefficient (Wildman–Crippen LogP) is 1.95. The Labute approximate surface area is 123 Å². The summed E-state index contributed by atoms with van der Waals surface area (Å²) in [4.78, 5) is 24.7. The molecule has 0 radical (unpaired) electrons. The number of aryl methyl sites for hydroxylation is 1. The van der Waals surface area contributed by atoms with Gasteiger partial charge in [-0.3, -0.25) is 9.59 Å². The maximum Gasteiger partial charge on any atom is 0.274 e. The summed E-state index contributed by atoms with van der Waals surface area (Å²) in [6.45, 7) is 3.20. The molecule has 1 fully saturated rings. The number of nitrogens with zero attached hydrogens (tertiary/aromatic N) is 2. The molecule has 2 aromatic rings. The first-order valence-corrected chi connectivity index (χ1v) is 7.48. The first-order valence-electron chi connectivity index (χ1n) is 7.48. The maximum atomic E-state index is 12.4. The number of hydrogen-bond donors (Lipinski definition) is 1.